The van der Waals surface area contributed by atoms with E-state index >= 15 is 0 Å². The first kappa shape index (κ1) is 9.36. The zero-order valence-electron chi connectivity index (χ0n) is 6.77. The van der Waals surface area contributed by atoms with Gasteiger partial charge >= 0.3 is 0 Å². The predicted octanol–water partition coefficient (Wildman–Crippen LogP) is 2.12. The van der Waals surface area contributed by atoms with Gasteiger partial charge in [0, 0.05) is 5.75 Å². The molecule has 0 unspecified atom stereocenters. The maximum absolute atomic E-state index is 8.77. The van der Waals surface area contributed by atoms with Crippen LogP contribution in [0.1, 0.15) is 11.1 Å². The van der Waals surface area contributed by atoms with Crippen LogP contribution in [0.3, 0.4) is 0 Å². The monoisotopic (exact) mass is 180 g/mol. The van der Waals surface area contributed by atoms with Gasteiger partial charge < -0.3 is 5.11 Å². The quantitative estimate of drug-likeness (QED) is 0.683. The minimum atomic E-state index is 0.108. The maximum Gasteiger partial charge on any atom is 0.0681 e. The topological polar surface area (TPSA) is 20.2 Å². The third-order valence-corrected chi connectivity index (χ3v) is 1.79. The number of hydrogen-bond acceptors (Lipinski definition) is 2. The minimum Gasteiger partial charge on any atom is -0.392 e. The van der Waals surface area contributed by atoms with Crippen molar-refractivity contribution in [2.45, 2.75) is 6.61 Å². The van der Waals surface area contributed by atoms with Gasteiger partial charge in [-0.25, -0.2) is 0 Å². The molecule has 0 atom stereocenters. The molecule has 0 aliphatic carbocycles. The van der Waals surface area contributed by atoms with Crippen molar-refractivity contribution in [3.8, 4) is 0 Å². The van der Waals surface area contributed by atoms with Crippen molar-refractivity contribution < 1.29 is 5.11 Å². The average molecular weight is 180 g/mol. The Labute approximate surface area is 78.2 Å². The SMILES string of the molecule is OCc1ccc(C=CCS)cc1. The van der Waals surface area contributed by atoms with Crippen LogP contribution in [0.5, 0.6) is 0 Å². The van der Waals surface area contributed by atoms with Crippen molar-refractivity contribution in [3.63, 3.8) is 0 Å². The van der Waals surface area contributed by atoms with Gasteiger partial charge in [-0.1, -0.05) is 36.4 Å². The molecular formula is C10H12OS. The Hall–Kier alpha value is -0.730. The molecule has 0 aliphatic rings. The molecule has 0 spiro atoms. The molecule has 1 rings (SSSR count). The molecule has 0 heterocycles. The molecule has 0 aliphatic heterocycles. The van der Waals surface area contributed by atoms with E-state index in [9.17, 15) is 0 Å². The third-order valence-electron chi connectivity index (χ3n) is 1.58. The summed E-state index contributed by atoms with van der Waals surface area (Å²) in [5.41, 5.74) is 2.08. The van der Waals surface area contributed by atoms with E-state index in [1.54, 1.807) is 0 Å². The molecule has 1 nitrogen and oxygen atoms in total. The summed E-state index contributed by atoms with van der Waals surface area (Å²) in [7, 11) is 0. The lowest BCUT2D eigenvalue weighted by Gasteiger charge is -1.95. The van der Waals surface area contributed by atoms with E-state index in [-0.39, 0.29) is 6.61 Å². The molecule has 0 saturated carbocycles. The standard InChI is InChI=1S/C10H12OS/c11-8-10-5-3-9(4-6-10)2-1-7-12/h1-6,11-12H,7-8H2. The van der Waals surface area contributed by atoms with Gasteiger partial charge in [0.25, 0.3) is 0 Å². The van der Waals surface area contributed by atoms with Gasteiger partial charge in [-0.3, -0.25) is 0 Å². The van der Waals surface area contributed by atoms with Crippen molar-refractivity contribution in [2.75, 3.05) is 5.75 Å². The number of benzene rings is 1. The summed E-state index contributed by atoms with van der Waals surface area (Å²) in [6.07, 6.45) is 3.99. The molecule has 0 saturated heterocycles. The molecule has 0 aromatic heterocycles. The number of rotatable bonds is 3. The van der Waals surface area contributed by atoms with Crippen LogP contribution in [0.4, 0.5) is 0 Å². The van der Waals surface area contributed by atoms with Crippen molar-refractivity contribution in [3.05, 3.63) is 41.5 Å². The second-order valence-electron chi connectivity index (χ2n) is 2.48. The van der Waals surface area contributed by atoms with Crippen LogP contribution in [0.15, 0.2) is 30.3 Å². The zero-order chi connectivity index (χ0) is 8.81. The summed E-state index contributed by atoms with van der Waals surface area (Å²) >= 11 is 4.06. The second kappa shape index (κ2) is 5.01. The highest BCUT2D eigenvalue weighted by atomic mass is 32.1. The molecule has 0 amide bonds. The van der Waals surface area contributed by atoms with Crippen molar-refractivity contribution in [1.82, 2.24) is 0 Å². The fourth-order valence-corrected chi connectivity index (χ4v) is 1.03. The van der Waals surface area contributed by atoms with Crippen LogP contribution in [0.25, 0.3) is 6.08 Å². The fraction of sp³-hybridized carbons (Fsp3) is 0.200. The summed E-state index contributed by atoms with van der Waals surface area (Å²) in [4.78, 5) is 0. The predicted molar refractivity (Wildman–Crippen MR) is 55.3 cm³/mol. The number of aliphatic hydroxyl groups is 1. The van der Waals surface area contributed by atoms with Crippen LogP contribution in [-0.2, 0) is 6.61 Å². The lowest BCUT2D eigenvalue weighted by atomic mass is 10.1. The van der Waals surface area contributed by atoms with Gasteiger partial charge in [0.1, 0.15) is 0 Å². The lowest BCUT2D eigenvalue weighted by molar-refractivity contribution is 0.282. The molecule has 1 aromatic rings. The molecule has 0 radical (unpaired) electrons. The van der Waals surface area contributed by atoms with Gasteiger partial charge in [-0.2, -0.15) is 12.6 Å². The van der Waals surface area contributed by atoms with Crippen LogP contribution >= 0.6 is 12.6 Å². The number of aliphatic hydroxyl groups excluding tert-OH is 1. The van der Waals surface area contributed by atoms with E-state index < -0.39 is 0 Å². The van der Waals surface area contributed by atoms with Gasteiger partial charge in [0.15, 0.2) is 0 Å². The maximum atomic E-state index is 8.77. The lowest BCUT2D eigenvalue weighted by Crippen LogP contribution is -1.81. The second-order valence-corrected chi connectivity index (χ2v) is 2.85. The van der Waals surface area contributed by atoms with Gasteiger partial charge in [-0.15, -0.1) is 0 Å². The molecule has 2 heteroatoms. The van der Waals surface area contributed by atoms with Crippen molar-refractivity contribution >= 4 is 18.7 Å². The fourth-order valence-electron chi connectivity index (χ4n) is 0.923. The van der Waals surface area contributed by atoms with Crippen LogP contribution in [0, 0.1) is 0 Å². The van der Waals surface area contributed by atoms with E-state index in [4.69, 9.17) is 5.11 Å². The van der Waals surface area contributed by atoms with Gasteiger partial charge in [0.05, 0.1) is 6.61 Å². The van der Waals surface area contributed by atoms with Crippen LogP contribution < -0.4 is 0 Å². The normalized spacial score (nSPS) is 10.8. The summed E-state index contributed by atoms with van der Waals surface area (Å²) in [6.45, 7) is 0.108. The molecule has 12 heavy (non-hydrogen) atoms. The molecular weight excluding hydrogens is 168 g/mol. The number of thiol groups is 1. The Bertz CT molecular complexity index is 251. The van der Waals surface area contributed by atoms with Crippen molar-refractivity contribution in [2.24, 2.45) is 0 Å². The summed E-state index contributed by atoms with van der Waals surface area (Å²) in [5, 5.41) is 8.77. The van der Waals surface area contributed by atoms with Gasteiger partial charge in [0.2, 0.25) is 0 Å². The Morgan fingerprint density at radius 2 is 1.92 bits per heavy atom. The first-order valence-electron chi connectivity index (χ1n) is 3.84. The highest BCUT2D eigenvalue weighted by Crippen LogP contribution is 2.05. The molecule has 1 aromatic carbocycles. The summed E-state index contributed by atoms with van der Waals surface area (Å²) < 4.78 is 0. The van der Waals surface area contributed by atoms with Crippen molar-refractivity contribution in [1.29, 1.82) is 0 Å². The van der Waals surface area contributed by atoms with Crippen LogP contribution in [0.2, 0.25) is 0 Å². The van der Waals surface area contributed by atoms with E-state index in [1.165, 1.54) is 0 Å². The first-order chi connectivity index (χ1) is 5.86. The molecule has 1 N–H and O–H groups in total. The Morgan fingerprint density at radius 3 is 2.42 bits per heavy atom. The molecule has 0 fully saturated rings. The molecule has 64 valence electrons. The Balaban J connectivity index is 2.71. The molecule has 0 bridgehead atoms. The minimum absolute atomic E-state index is 0.108. The first-order valence-corrected chi connectivity index (χ1v) is 4.47. The van der Waals surface area contributed by atoms with Crippen LogP contribution in [-0.4, -0.2) is 10.9 Å². The zero-order valence-corrected chi connectivity index (χ0v) is 7.67. The highest BCUT2D eigenvalue weighted by molar-refractivity contribution is 7.80. The van der Waals surface area contributed by atoms with E-state index in [2.05, 4.69) is 12.6 Å². The summed E-state index contributed by atoms with van der Waals surface area (Å²) in [6, 6.07) is 7.79. The highest BCUT2D eigenvalue weighted by Gasteiger charge is 1.88. The summed E-state index contributed by atoms with van der Waals surface area (Å²) in [5.74, 6) is 0.752. The van der Waals surface area contributed by atoms with E-state index in [0.29, 0.717) is 0 Å². The smallest absolute Gasteiger partial charge is 0.0681 e. The largest absolute Gasteiger partial charge is 0.392 e. The van der Waals surface area contributed by atoms with E-state index in [1.807, 2.05) is 36.4 Å². The van der Waals surface area contributed by atoms with E-state index in [0.717, 1.165) is 16.9 Å². The third kappa shape index (κ3) is 2.72. The Kier molecular flexibility index (Phi) is 3.91. The Morgan fingerprint density at radius 1 is 1.25 bits per heavy atom. The average Bonchev–Trinajstić information content (AvgIpc) is 2.15. The number of hydrogen-bond donors (Lipinski definition) is 2. The van der Waals surface area contributed by atoms with Gasteiger partial charge in [-0.05, 0) is 11.1 Å².